The Kier molecular flexibility index (Phi) is 10.0. The Morgan fingerprint density at radius 2 is 1.74 bits per heavy atom. The first kappa shape index (κ1) is 30.4. The van der Waals surface area contributed by atoms with E-state index in [4.69, 9.17) is 10.5 Å². The predicted molar refractivity (Wildman–Crippen MR) is 157 cm³/mol. The van der Waals surface area contributed by atoms with Crippen molar-refractivity contribution in [2.45, 2.75) is 57.5 Å². The molecule has 4 rings (SSSR count). The van der Waals surface area contributed by atoms with Gasteiger partial charge >= 0.3 is 0 Å². The lowest BCUT2D eigenvalue weighted by Gasteiger charge is -2.24. The van der Waals surface area contributed by atoms with Crippen LogP contribution in [0.5, 0.6) is 0 Å². The molecule has 0 aliphatic carbocycles. The van der Waals surface area contributed by atoms with Gasteiger partial charge in [-0.15, -0.1) is 0 Å². The van der Waals surface area contributed by atoms with Gasteiger partial charge in [-0.1, -0.05) is 48.5 Å². The summed E-state index contributed by atoms with van der Waals surface area (Å²) in [6.45, 7) is 3.66. The minimum atomic E-state index is -1.20. The number of imidazole rings is 1. The van der Waals surface area contributed by atoms with Crippen LogP contribution in [-0.4, -0.2) is 68.9 Å². The van der Waals surface area contributed by atoms with E-state index < -0.39 is 29.4 Å². The molecule has 12 heteroatoms. The number of rotatable bonds is 12. The SMILES string of the molecule is CC(C)(N)C(=O)N[C@H](COCc1ccccc1)C(=O)Nc1cn(CC(=O)N2CCC[C@@H]2C(=O)Nc2ccccc2)cn1. The van der Waals surface area contributed by atoms with Gasteiger partial charge in [-0.25, -0.2) is 4.98 Å². The van der Waals surface area contributed by atoms with Crippen LogP contribution < -0.4 is 21.7 Å². The molecule has 1 aliphatic heterocycles. The Balaban J connectivity index is 1.34. The fourth-order valence-corrected chi connectivity index (χ4v) is 4.45. The highest BCUT2D eigenvalue weighted by Crippen LogP contribution is 2.20. The van der Waals surface area contributed by atoms with E-state index in [-0.39, 0.29) is 37.4 Å². The standard InChI is InChI=1S/C30H37N7O5/c1-30(2,31)29(41)34-23(19-42-18-21-10-5-3-6-11-21)27(39)35-25-16-36(20-32-25)17-26(38)37-15-9-14-24(37)28(40)33-22-12-7-4-8-13-22/h3-8,10-13,16,20,23-24H,9,14-15,17-19,31H2,1-2H3,(H,33,40)(H,34,41)(H,35,39)/t23-,24-/m1/s1. The molecule has 5 N–H and O–H groups in total. The number of nitrogens with zero attached hydrogens (tertiary/aromatic N) is 3. The lowest BCUT2D eigenvalue weighted by Crippen LogP contribution is -2.56. The van der Waals surface area contributed by atoms with E-state index in [0.717, 1.165) is 12.0 Å². The summed E-state index contributed by atoms with van der Waals surface area (Å²) in [7, 11) is 0. The molecule has 3 aromatic rings. The van der Waals surface area contributed by atoms with Gasteiger partial charge < -0.3 is 35.9 Å². The molecule has 2 heterocycles. The second-order valence-corrected chi connectivity index (χ2v) is 10.8. The van der Waals surface area contributed by atoms with E-state index in [2.05, 4.69) is 20.9 Å². The van der Waals surface area contributed by atoms with Gasteiger partial charge in [0, 0.05) is 18.4 Å². The van der Waals surface area contributed by atoms with Gasteiger partial charge in [0.2, 0.25) is 17.7 Å². The van der Waals surface area contributed by atoms with Crippen LogP contribution in [0.2, 0.25) is 0 Å². The summed E-state index contributed by atoms with van der Waals surface area (Å²) in [6.07, 6.45) is 4.24. The second kappa shape index (κ2) is 13.9. The highest BCUT2D eigenvalue weighted by molar-refractivity contribution is 5.98. The van der Waals surface area contributed by atoms with Crippen molar-refractivity contribution in [2.24, 2.45) is 5.73 Å². The number of nitrogens with two attached hydrogens (primary N) is 1. The van der Waals surface area contributed by atoms with Crippen LogP contribution in [0.4, 0.5) is 11.5 Å². The number of amides is 4. The normalized spacial score (nSPS) is 15.6. The molecule has 12 nitrogen and oxygen atoms in total. The lowest BCUT2D eigenvalue weighted by molar-refractivity contribution is -0.137. The molecule has 0 spiro atoms. The van der Waals surface area contributed by atoms with Crippen LogP contribution in [0, 0.1) is 0 Å². The molecule has 2 atom stereocenters. The Hall–Kier alpha value is -4.55. The van der Waals surface area contributed by atoms with Gasteiger partial charge in [-0.3, -0.25) is 19.2 Å². The van der Waals surface area contributed by atoms with Crippen molar-refractivity contribution < 1.29 is 23.9 Å². The number of anilines is 2. The van der Waals surface area contributed by atoms with Gasteiger partial charge in [0.15, 0.2) is 5.82 Å². The topological polar surface area (TPSA) is 161 Å². The van der Waals surface area contributed by atoms with Crippen molar-refractivity contribution in [1.82, 2.24) is 19.8 Å². The van der Waals surface area contributed by atoms with Gasteiger partial charge in [-0.2, -0.15) is 0 Å². The molecule has 4 amide bonds. The van der Waals surface area contributed by atoms with Crippen molar-refractivity contribution in [3.05, 3.63) is 78.8 Å². The van der Waals surface area contributed by atoms with E-state index in [0.29, 0.717) is 18.7 Å². The summed E-state index contributed by atoms with van der Waals surface area (Å²) in [5.74, 6) is -1.33. The van der Waals surface area contributed by atoms with E-state index in [1.54, 1.807) is 17.0 Å². The number of ether oxygens (including phenoxy) is 1. The number of para-hydroxylation sites is 1. The molecule has 42 heavy (non-hydrogen) atoms. The third kappa shape index (κ3) is 8.48. The maximum absolute atomic E-state index is 13.1. The number of nitrogens with one attached hydrogen (secondary N) is 3. The summed E-state index contributed by atoms with van der Waals surface area (Å²) < 4.78 is 7.24. The maximum Gasteiger partial charge on any atom is 0.250 e. The minimum Gasteiger partial charge on any atom is -0.374 e. The molecule has 1 saturated heterocycles. The molecular formula is C30H37N7O5. The number of likely N-dealkylation sites (tertiary alicyclic amines) is 1. The average molecular weight is 576 g/mol. The molecule has 1 aromatic heterocycles. The van der Waals surface area contributed by atoms with Crippen molar-refractivity contribution in [2.75, 3.05) is 23.8 Å². The van der Waals surface area contributed by atoms with Gasteiger partial charge in [0.05, 0.1) is 25.1 Å². The predicted octanol–water partition coefficient (Wildman–Crippen LogP) is 1.89. The Labute approximate surface area is 244 Å². The number of carbonyl (C=O) groups is 4. The van der Waals surface area contributed by atoms with Gasteiger partial charge in [0.25, 0.3) is 5.91 Å². The van der Waals surface area contributed by atoms with E-state index in [1.807, 2.05) is 48.5 Å². The molecule has 0 radical (unpaired) electrons. The molecule has 1 fully saturated rings. The summed E-state index contributed by atoms with van der Waals surface area (Å²) in [6, 6.07) is 16.9. The zero-order valence-electron chi connectivity index (χ0n) is 23.8. The van der Waals surface area contributed by atoms with Crippen LogP contribution >= 0.6 is 0 Å². The van der Waals surface area contributed by atoms with Gasteiger partial charge in [0.1, 0.15) is 18.6 Å². The summed E-state index contributed by atoms with van der Waals surface area (Å²) >= 11 is 0. The molecule has 0 unspecified atom stereocenters. The number of benzene rings is 2. The van der Waals surface area contributed by atoms with E-state index in [1.165, 1.54) is 30.9 Å². The number of carbonyl (C=O) groups excluding carboxylic acids is 4. The fourth-order valence-electron chi connectivity index (χ4n) is 4.45. The zero-order valence-corrected chi connectivity index (χ0v) is 23.8. The van der Waals surface area contributed by atoms with E-state index in [9.17, 15) is 19.2 Å². The number of hydrogen-bond acceptors (Lipinski definition) is 7. The minimum absolute atomic E-state index is 0.0559. The van der Waals surface area contributed by atoms with Crippen LogP contribution in [0.25, 0.3) is 0 Å². The van der Waals surface area contributed by atoms with Crippen LogP contribution in [0.3, 0.4) is 0 Å². The van der Waals surface area contributed by atoms with E-state index >= 15 is 0 Å². The number of hydrogen-bond donors (Lipinski definition) is 4. The van der Waals surface area contributed by atoms with Gasteiger partial charge in [-0.05, 0) is 44.4 Å². The third-order valence-electron chi connectivity index (χ3n) is 6.72. The molecule has 222 valence electrons. The molecule has 1 aliphatic rings. The fraction of sp³-hybridized carbons (Fsp3) is 0.367. The smallest absolute Gasteiger partial charge is 0.250 e. The second-order valence-electron chi connectivity index (χ2n) is 10.8. The van der Waals surface area contributed by atoms with Crippen LogP contribution in [0.1, 0.15) is 32.3 Å². The third-order valence-corrected chi connectivity index (χ3v) is 6.72. The molecule has 2 aromatic carbocycles. The first-order chi connectivity index (χ1) is 20.1. The first-order valence-corrected chi connectivity index (χ1v) is 13.8. The quantitative estimate of drug-likeness (QED) is 0.256. The maximum atomic E-state index is 13.1. The Morgan fingerprint density at radius 3 is 2.43 bits per heavy atom. The summed E-state index contributed by atoms with van der Waals surface area (Å²) in [5, 5.41) is 8.18. The molecular weight excluding hydrogens is 538 g/mol. The monoisotopic (exact) mass is 575 g/mol. The Bertz CT molecular complexity index is 1370. The lowest BCUT2D eigenvalue weighted by atomic mass is 10.1. The molecule has 0 saturated carbocycles. The largest absolute Gasteiger partial charge is 0.374 e. The van der Waals surface area contributed by atoms with Crippen molar-refractivity contribution in [3.63, 3.8) is 0 Å². The highest BCUT2D eigenvalue weighted by atomic mass is 16.5. The van der Waals surface area contributed by atoms with Crippen LogP contribution in [-0.2, 0) is 37.1 Å². The summed E-state index contributed by atoms with van der Waals surface area (Å²) in [5.41, 5.74) is 6.30. The Morgan fingerprint density at radius 1 is 1.05 bits per heavy atom. The summed E-state index contributed by atoms with van der Waals surface area (Å²) in [4.78, 5) is 57.4. The van der Waals surface area contributed by atoms with Crippen molar-refractivity contribution in [1.29, 1.82) is 0 Å². The average Bonchev–Trinajstić information content (AvgIpc) is 3.63. The van der Waals surface area contributed by atoms with Crippen molar-refractivity contribution in [3.8, 4) is 0 Å². The van der Waals surface area contributed by atoms with Crippen molar-refractivity contribution >= 4 is 35.1 Å². The highest BCUT2D eigenvalue weighted by Gasteiger charge is 2.34. The molecule has 0 bridgehead atoms. The first-order valence-electron chi connectivity index (χ1n) is 13.8. The number of aromatic nitrogens is 2. The zero-order chi connectivity index (χ0) is 30.1. The van der Waals surface area contributed by atoms with Crippen LogP contribution in [0.15, 0.2) is 73.2 Å².